The highest BCUT2D eigenvalue weighted by Crippen LogP contribution is 2.47. The van der Waals surface area contributed by atoms with Crippen LogP contribution in [0.2, 0.25) is 0 Å². The lowest BCUT2D eigenvalue weighted by Gasteiger charge is -2.22. The summed E-state index contributed by atoms with van der Waals surface area (Å²) in [5.41, 5.74) is 2.63. The molecule has 15 heavy (non-hydrogen) atoms. The predicted molar refractivity (Wildman–Crippen MR) is 62.3 cm³/mol. The third kappa shape index (κ3) is 1.51. The van der Waals surface area contributed by atoms with Crippen LogP contribution in [0.5, 0.6) is 0 Å². The molecule has 1 aliphatic heterocycles. The van der Waals surface area contributed by atoms with Crippen LogP contribution < -0.4 is 5.32 Å². The Balaban J connectivity index is 0.000000853. The SMILES string of the molecule is Cl.Fc1ccc2c(c1)C1(CCCC1)CN2. The maximum absolute atomic E-state index is 13.2. The summed E-state index contributed by atoms with van der Waals surface area (Å²) in [4.78, 5) is 0. The molecule has 2 aliphatic rings. The van der Waals surface area contributed by atoms with E-state index < -0.39 is 0 Å². The zero-order chi connectivity index (χ0) is 9.60. The van der Waals surface area contributed by atoms with Gasteiger partial charge in [-0.15, -0.1) is 12.4 Å². The van der Waals surface area contributed by atoms with E-state index in [1.54, 1.807) is 12.1 Å². The Labute approximate surface area is 95.5 Å². The molecule has 1 aromatic carbocycles. The molecule has 82 valence electrons. The van der Waals surface area contributed by atoms with Gasteiger partial charge in [-0.05, 0) is 36.6 Å². The van der Waals surface area contributed by atoms with E-state index >= 15 is 0 Å². The zero-order valence-electron chi connectivity index (χ0n) is 8.55. The van der Waals surface area contributed by atoms with Gasteiger partial charge in [-0.25, -0.2) is 4.39 Å². The molecule has 1 saturated carbocycles. The van der Waals surface area contributed by atoms with Crippen LogP contribution in [0, 0.1) is 5.82 Å². The Hall–Kier alpha value is -0.760. The van der Waals surface area contributed by atoms with E-state index in [-0.39, 0.29) is 23.6 Å². The fourth-order valence-electron chi connectivity index (χ4n) is 2.97. The van der Waals surface area contributed by atoms with E-state index in [4.69, 9.17) is 0 Å². The quantitative estimate of drug-likeness (QED) is 0.716. The van der Waals surface area contributed by atoms with Crippen molar-refractivity contribution in [1.29, 1.82) is 0 Å². The highest BCUT2D eigenvalue weighted by Gasteiger charge is 2.41. The minimum Gasteiger partial charge on any atom is -0.384 e. The highest BCUT2D eigenvalue weighted by molar-refractivity contribution is 5.85. The van der Waals surface area contributed by atoms with Gasteiger partial charge in [0.25, 0.3) is 0 Å². The third-order valence-electron chi connectivity index (χ3n) is 3.73. The van der Waals surface area contributed by atoms with Crippen LogP contribution >= 0.6 is 12.4 Å². The number of halogens is 2. The first kappa shape index (κ1) is 10.7. The van der Waals surface area contributed by atoms with E-state index in [0.29, 0.717) is 0 Å². The van der Waals surface area contributed by atoms with Gasteiger partial charge in [0.15, 0.2) is 0 Å². The standard InChI is InChI=1S/C12H14FN.ClH/c13-9-3-4-11-10(7-9)12(8-14-11)5-1-2-6-12;/h3-4,7,14H,1-2,5-6,8H2;1H. The van der Waals surface area contributed by atoms with Crippen molar-refractivity contribution in [2.75, 3.05) is 11.9 Å². The summed E-state index contributed by atoms with van der Waals surface area (Å²) in [7, 11) is 0. The maximum Gasteiger partial charge on any atom is 0.123 e. The number of rotatable bonds is 0. The molecule has 0 radical (unpaired) electrons. The Bertz CT molecular complexity index is 372. The van der Waals surface area contributed by atoms with E-state index in [9.17, 15) is 4.39 Å². The Morgan fingerprint density at radius 1 is 1.20 bits per heavy atom. The number of benzene rings is 1. The summed E-state index contributed by atoms with van der Waals surface area (Å²) in [5.74, 6) is -0.0984. The molecular formula is C12H15ClFN. The predicted octanol–water partition coefficient (Wildman–Crippen LogP) is 3.48. The summed E-state index contributed by atoms with van der Waals surface area (Å²) in [6, 6.07) is 5.14. The maximum atomic E-state index is 13.2. The minimum absolute atomic E-state index is 0. The van der Waals surface area contributed by atoms with Gasteiger partial charge in [-0.3, -0.25) is 0 Å². The molecule has 0 bridgehead atoms. The second-order valence-corrected chi connectivity index (χ2v) is 4.53. The molecule has 1 aromatic rings. The number of fused-ring (bicyclic) bond motifs is 2. The second kappa shape index (κ2) is 3.67. The van der Waals surface area contributed by atoms with E-state index in [1.807, 2.05) is 6.07 Å². The Morgan fingerprint density at radius 3 is 2.67 bits per heavy atom. The number of hydrogen-bond acceptors (Lipinski definition) is 1. The lowest BCUT2D eigenvalue weighted by atomic mass is 9.81. The molecule has 0 atom stereocenters. The molecule has 1 fully saturated rings. The lowest BCUT2D eigenvalue weighted by Crippen LogP contribution is -2.24. The van der Waals surface area contributed by atoms with Crippen LogP contribution in [0.4, 0.5) is 10.1 Å². The number of nitrogens with one attached hydrogen (secondary N) is 1. The molecule has 0 unspecified atom stereocenters. The molecule has 0 amide bonds. The molecule has 1 nitrogen and oxygen atoms in total. The molecular weight excluding hydrogens is 213 g/mol. The van der Waals surface area contributed by atoms with Crippen molar-refractivity contribution in [3.63, 3.8) is 0 Å². The summed E-state index contributed by atoms with van der Waals surface area (Å²) in [5, 5.41) is 3.39. The van der Waals surface area contributed by atoms with Crippen molar-refractivity contribution in [1.82, 2.24) is 0 Å². The summed E-state index contributed by atoms with van der Waals surface area (Å²) < 4.78 is 13.2. The molecule has 0 saturated heterocycles. The fourth-order valence-corrected chi connectivity index (χ4v) is 2.97. The largest absolute Gasteiger partial charge is 0.384 e. The van der Waals surface area contributed by atoms with Crippen LogP contribution in [0.15, 0.2) is 18.2 Å². The fraction of sp³-hybridized carbons (Fsp3) is 0.500. The molecule has 1 aliphatic carbocycles. The second-order valence-electron chi connectivity index (χ2n) is 4.53. The average molecular weight is 228 g/mol. The van der Waals surface area contributed by atoms with E-state index in [0.717, 1.165) is 12.2 Å². The first-order chi connectivity index (χ1) is 6.80. The van der Waals surface area contributed by atoms with Crippen LogP contribution in [0.3, 0.4) is 0 Å². The first-order valence-electron chi connectivity index (χ1n) is 5.34. The monoisotopic (exact) mass is 227 g/mol. The topological polar surface area (TPSA) is 12.0 Å². The Kier molecular flexibility index (Phi) is 2.63. The average Bonchev–Trinajstić information content (AvgIpc) is 2.77. The van der Waals surface area contributed by atoms with Crippen LogP contribution in [0.1, 0.15) is 31.2 Å². The van der Waals surface area contributed by atoms with Crippen LogP contribution in [0.25, 0.3) is 0 Å². The van der Waals surface area contributed by atoms with E-state index in [2.05, 4.69) is 5.32 Å². The normalized spacial score (nSPS) is 20.9. The summed E-state index contributed by atoms with van der Waals surface area (Å²) >= 11 is 0. The van der Waals surface area contributed by atoms with Gasteiger partial charge >= 0.3 is 0 Å². The molecule has 1 spiro atoms. The zero-order valence-corrected chi connectivity index (χ0v) is 9.37. The van der Waals surface area contributed by atoms with Gasteiger partial charge in [0.1, 0.15) is 5.82 Å². The van der Waals surface area contributed by atoms with Crippen molar-refractivity contribution in [2.45, 2.75) is 31.1 Å². The van der Waals surface area contributed by atoms with Crippen molar-refractivity contribution >= 4 is 18.1 Å². The highest BCUT2D eigenvalue weighted by atomic mass is 35.5. The van der Waals surface area contributed by atoms with Gasteiger partial charge < -0.3 is 5.32 Å². The summed E-state index contributed by atoms with van der Waals surface area (Å²) in [6.45, 7) is 1.01. The first-order valence-corrected chi connectivity index (χ1v) is 5.34. The van der Waals surface area contributed by atoms with Crippen molar-refractivity contribution < 1.29 is 4.39 Å². The van der Waals surface area contributed by atoms with Gasteiger partial charge in [0.05, 0.1) is 0 Å². The number of anilines is 1. The molecule has 1 heterocycles. The summed E-state index contributed by atoms with van der Waals surface area (Å²) in [6.07, 6.45) is 5.02. The van der Waals surface area contributed by atoms with Gasteiger partial charge in [0.2, 0.25) is 0 Å². The molecule has 0 aromatic heterocycles. The van der Waals surface area contributed by atoms with Crippen LogP contribution in [-0.2, 0) is 5.41 Å². The Morgan fingerprint density at radius 2 is 1.93 bits per heavy atom. The van der Waals surface area contributed by atoms with Crippen LogP contribution in [-0.4, -0.2) is 6.54 Å². The van der Waals surface area contributed by atoms with Gasteiger partial charge in [-0.1, -0.05) is 12.8 Å². The third-order valence-corrected chi connectivity index (χ3v) is 3.73. The molecule has 3 rings (SSSR count). The van der Waals surface area contributed by atoms with Gasteiger partial charge in [-0.2, -0.15) is 0 Å². The van der Waals surface area contributed by atoms with E-state index in [1.165, 1.54) is 31.2 Å². The molecule has 1 N–H and O–H groups in total. The van der Waals surface area contributed by atoms with Crippen molar-refractivity contribution in [3.8, 4) is 0 Å². The smallest absolute Gasteiger partial charge is 0.123 e. The van der Waals surface area contributed by atoms with Crippen molar-refractivity contribution in [3.05, 3.63) is 29.6 Å². The molecule has 3 heteroatoms. The lowest BCUT2D eigenvalue weighted by molar-refractivity contribution is 0.485. The minimum atomic E-state index is -0.0984. The van der Waals surface area contributed by atoms with Crippen molar-refractivity contribution in [2.24, 2.45) is 0 Å². The van der Waals surface area contributed by atoms with Gasteiger partial charge in [0, 0.05) is 17.6 Å². The number of hydrogen-bond donors (Lipinski definition) is 1.